The quantitative estimate of drug-likeness (QED) is 0.620. The topological polar surface area (TPSA) is 123 Å². The number of sulfonamides is 1. The van der Waals surface area contributed by atoms with Crippen LogP contribution in [0.3, 0.4) is 0 Å². The molecule has 0 aliphatic rings. The van der Waals surface area contributed by atoms with E-state index in [1.807, 2.05) is 0 Å². The van der Waals surface area contributed by atoms with E-state index in [0.29, 0.717) is 5.75 Å². The summed E-state index contributed by atoms with van der Waals surface area (Å²) in [5.41, 5.74) is 4.88. The molecule has 11 heteroatoms. The van der Waals surface area contributed by atoms with Crippen molar-refractivity contribution in [1.82, 2.24) is 15.2 Å². The van der Waals surface area contributed by atoms with Crippen LogP contribution in [0.25, 0.3) is 0 Å². The summed E-state index contributed by atoms with van der Waals surface area (Å²) in [4.78, 5) is 24.7. The SMILES string of the molecule is COc1cc(C(=O)NNC(=O)c2ccc(S(=O)(=O)N(C)C)cc2)cc(OC)c1OC. The third-order valence-corrected chi connectivity index (χ3v) is 5.94. The number of hydrazine groups is 1. The molecular weight excluding hydrogens is 414 g/mol. The average molecular weight is 437 g/mol. The van der Waals surface area contributed by atoms with Gasteiger partial charge in [-0.3, -0.25) is 20.4 Å². The molecule has 0 bridgehead atoms. The van der Waals surface area contributed by atoms with Crippen molar-refractivity contribution in [1.29, 1.82) is 0 Å². The number of benzene rings is 2. The molecule has 10 nitrogen and oxygen atoms in total. The summed E-state index contributed by atoms with van der Waals surface area (Å²) in [6.45, 7) is 0. The lowest BCUT2D eigenvalue weighted by Crippen LogP contribution is -2.41. The number of carbonyl (C=O) groups is 2. The van der Waals surface area contributed by atoms with Gasteiger partial charge in [-0.15, -0.1) is 0 Å². The summed E-state index contributed by atoms with van der Waals surface area (Å²) in [5, 5.41) is 0. The number of carbonyl (C=O) groups excluding carboxylic acids is 2. The van der Waals surface area contributed by atoms with E-state index in [2.05, 4.69) is 10.9 Å². The van der Waals surface area contributed by atoms with Crippen LogP contribution in [0, 0.1) is 0 Å². The minimum Gasteiger partial charge on any atom is -0.493 e. The smallest absolute Gasteiger partial charge is 0.269 e. The Morgan fingerprint density at radius 3 is 1.67 bits per heavy atom. The Bertz CT molecular complexity index is 1010. The first-order valence-corrected chi connectivity index (χ1v) is 10.0. The summed E-state index contributed by atoms with van der Waals surface area (Å²) < 4.78 is 40.8. The number of hydrogen-bond acceptors (Lipinski definition) is 7. The maximum atomic E-state index is 12.4. The molecule has 0 aliphatic carbocycles. The van der Waals surface area contributed by atoms with Crippen LogP contribution in [-0.2, 0) is 10.0 Å². The standard InChI is InChI=1S/C19H23N3O7S/c1-22(2)30(25,26)14-8-6-12(7-9-14)18(23)20-21-19(24)13-10-15(27-3)17(29-5)16(11-13)28-4/h6-11H,1-5H3,(H,20,23)(H,21,24). The molecule has 0 fully saturated rings. The zero-order valence-electron chi connectivity index (χ0n) is 17.2. The van der Waals surface area contributed by atoms with E-state index in [-0.39, 0.29) is 27.5 Å². The Hall–Kier alpha value is -3.31. The van der Waals surface area contributed by atoms with E-state index in [0.717, 1.165) is 4.31 Å². The van der Waals surface area contributed by atoms with Crippen LogP contribution in [0.5, 0.6) is 17.2 Å². The molecule has 0 unspecified atom stereocenters. The second-order valence-electron chi connectivity index (χ2n) is 6.13. The predicted molar refractivity (Wildman–Crippen MR) is 108 cm³/mol. The van der Waals surface area contributed by atoms with Gasteiger partial charge in [0, 0.05) is 25.2 Å². The Morgan fingerprint density at radius 2 is 1.27 bits per heavy atom. The molecule has 2 rings (SSSR count). The second-order valence-corrected chi connectivity index (χ2v) is 8.29. The van der Waals surface area contributed by atoms with Gasteiger partial charge in [-0.1, -0.05) is 0 Å². The molecule has 0 saturated heterocycles. The van der Waals surface area contributed by atoms with Crippen molar-refractivity contribution in [3.8, 4) is 17.2 Å². The summed E-state index contributed by atoms with van der Waals surface area (Å²) in [7, 11) is 3.50. The van der Waals surface area contributed by atoms with Gasteiger partial charge in [-0.2, -0.15) is 0 Å². The Morgan fingerprint density at radius 1 is 0.800 bits per heavy atom. The lowest BCUT2D eigenvalue weighted by Gasteiger charge is -2.14. The van der Waals surface area contributed by atoms with Crippen LogP contribution >= 0.6 is 0 Å². The Labute approximate surface area is 174 Å². The fraction of sp³-hybridized carbons (Fsp3) is 0.263. The third-order valence-electron chi connectivity index (χ3n) is 4.11. The first-order chi connectivity index (χ1) is 14.1. The van der Waals surface area contributed by atoms with E-state index in [4.69, 9.17) is 14.2 Å². The fourth-order valence-electron chi connectivity index (χ4n) is 2.46. The van der Waals surface area contributed by atoms with Crippen LogP contribution in [0.15, 0.2) is 41.3 Å². The zero-order chi connectivity index (χ0) is 22.5. The second kappa shape index (κ2) is 9.46. The number of ether oxygens (including phenoxy) is 3. The van der Waals surface area contributed by atoms with Gasteiger partial charge >= 0.3 is 0 Å². The highest BCUT2D eigenvalue weighted by atomic mass is 32.2. The van der Waals surface area contributed by atoms with E-state index in [9.17, 15) is 18.0 Å². The van der Waals surface area contributed by atoms with Crippen molar-refractivity contribution in [2.75, 3.05) is 35.4 Å². The lowest BCUT2D eigenvalue weighted by atomic mass is 10.1. The van der Waals surface area contributed by atoms with Gasteiger partial charge in [-0.05, 0) is 36.4 Å². The summed E-state index contributed by atoms with van der Waals surface area (Å²) in [6, 6.07) is 8.18. The maximum Gasteiger partial charge on any atom is 0.269 e. The summed E-state index contributed by atoms with van der Waals surface area (Å²) in [5.74, 6) is -0.343. The Kier molecular flexibility index (Phi) is 7.24. The van der Waals surface area contributed by atoms with Crippen LogP contribution < -0.4 is 25.1 Å². The maximum absolute atomic E-state index is 12.4. The van der Waals surface area contributed by atoms with Gasteiger partial charge in [0.25, 0.3) is 11.8 Å². The highest BCUT2D eigenvalue weighted by molar-refractivity contribution is 7.89. The lowest BCUT2D eigenvalue weighted by molar-refractivity contribution is 0.0846. The molecule has 30 heavy (non-hydrogen) atoms. The molecule has 0 spiro atoms. The molecule has 2 aromatic rings. The highest BCUT2D eigenvalue weighted by Gasteiger charge is 2.19. The predicted octanol–water partition coefficient (Wildman–Crippen LogP) is 1.04. The van der Waals surface area contributed by atoms with Crippen LogP contribution in [0.1, 0.15) is 20.7 Å². The molecule has 0 heterocycles. The van der Waals surface area contributed by atoms with Crippen molar-refractivity contribution in [3.63, 3.8) is 0 Å². The number of nitrogens with one attached hydrogen (secondary N) is 2. The molecule has 0 aromatic heterocycles. The van der Waals surface area contributed by atoms with Crippen LogP contribution in [-0.4, -0.2) is 60.0 Å². The minimum absolute atomic E-state index is 0.0468. The molecule has 2 aromatic carbocycles. The Balaban J connectivity index is 2.12. The molecule has 0 saturated carbocycles. The third kappa shape index (κ3) is 4.81. The molecular formula is C19H23N3O7S. The zero-order valence-corrected chi connectivity index (χ0v) is 18.0. The van der Waals surface area contributed by atoms with Gasteiger partial charge in [0.15, 0.2) is 11.5 Å². The van der Waals surface area contributed by atoms with Gasteiger partial charge < -0.3 is 14.2 Å². The van der Waals surface area contributed by atoms with Crippen molar-refractivity contribution < 1.29 is 32.2 Å². The first kappa shape index (κ1) is 23.0. The molecule has 0 aliphatic heterocycles. The number of nitrogens with zero attached hydrogens (tertiary/aromatic N) is 1. The van der Waals surface area contributed by atoms with Gasteiger partial charge in [-0.25, -0.2) is 12.7 Å². The summed E-state index contributed by atoms with van der Waals surface area (Å²) >= 11 is 0. The number of amides is 2. The van der Waals surface area contributed by atoms with E-state index < -0.39 is 21.8 Å². The summed E-state index contributed by atoms with van der Waals surface area (Å²) in [6.07, 6.45) is 0. The molecule has 162 valence electrons. The molecule has 0 radical (unpaired) electrons. The van der Waals surface area contributed by atoms with Crippen molar-refractivity contribution in [2.45, 2.75) is 4.90 Å². The molecule has 0 atom stereocenters. The monoisotopic (exact) mass is 437 g/mol. The number of rotatable bonds is 7. The van der Waals surface area contributed by atoms with Crippen molar-refractivity contribution in [3.05, 3.63) is 47.5 Å². The average Bonchev–Trinajstić information content (AvgIpc) is 2.75. The number of hydrogen-bond donors (Lipinski definition) is 2. The highest BCUT2D eigenvalue weighted by Crippen LogP contribution is 2.38. The molecule has 2 amide bonds. The molecule has 2 N–H and O–H groups in total. The van der Waals surface area contributed by atoms with Crippen LogP contribution in [0.2, 0.25) is 0 Å². The largest absolute Gasteiger partial charge is 0.493 e. The van der Waals surface area contributed by atoms with Crippen molar-refractivity contribution >= 4 is 21.8 Å². The van der Waals surface area contributed by atoms with Gasteiger partial charge in [0.2, 0.25) is 15.8 Å². The van der Waals surface area contributed by atoms with E-state index in [1.54, 1.807) is 0 Å². The van der Waals surface area contributed by atoms with E-state index in [1.165, 1.54) is 71.8 Å². The first-order valence-electron chi connectivity index (χ1n) is 8.59. The van der Waals surface area contributed by atoms with Crippen LogP contribution in [0.4, 0.5) is 0 Å². The van der Waals surface area contributed by atoms with Crippen molar-refractivity contribution in [2.24, 2.45) is 0 Å². The van der Waals surface area contributed by atoms with Gasteiger partial charge in [0.1, 0.15) is 0 Å². The van der Waals surface area contributed by atoms with Gasteiger partial charge in [0.05, 0.1) is 26.2 Å². The normalized spacial score (nSPS) is 11.0. The number of methoxy groups -OCH3 is 3. The fourth-order valence-corrected chi connectivity index (χ4v) is 3.36. The van der Waals surface area contributed by atoms with E-state index >= 15 is 0 Å². The minimum atomic E-state index is -3.60.